The van der Waals surface area contributed by atoms with Crippen LogP contribution in [0.4, 0.5) is 4.79 Å². The number of hydrogen-bond donors (Lipinski definition) is 2. The number of imide groups is 1. The number of nitrogens with one attached hydrogen (secondary N) is 2. The van der Waals surface area contributed by atoms with Gasteiger partial charge < -0.3 is 5.32 Å². The zero-order valence-electron chi connectivity index (χ0n) is 12.4. The Balaban J connectivity index is 2.28. The van der Waals surface area contributed by atoms with Gasteiger partial charge in [-0.15, -0.1) is 5.73 Å². The monoisotopic (exact) mass is 294 g/mol. The minimum atomic E-state index is -1.17. The standard InChI is InChI=1S/C18H18N2O2/c1-2-3-4-5-6-7-11-14-18(15-12-9-8-10-13-15)16(21)19-17(22)20-18/h3-5,7-14H,2H2,1H3,(H2,19,20,21,22)/b4-3-,14-11+. The summed E-state index contributed by atoms with van der Waals surface area (Å²) < 4.78 is 0. The van der Waals surface area contributed by atoms with E-state index in [9.17, 15) is 9.59 Å². The summed E-state index contributed by atoms with van der Waals surface area (Å²) in [5.41, 5.74) is 2.51. The first-order chi connectivity index (χ1) is 10.7. The van der Waals surface area contributed by atoms with E-state index in [2.05, 4.69) is 23.3 Å². The van der Waals surface area contributed by atoms with E-state index in [4.69, 9.17) is 0 Å². The summed E-state index contributed by atoms with van der Waals surface area (Å²) in [4.78, 5) is 23.7. The highest BCUT2D eigenvalue weighted by molar-refractivity contribution is 6.08. The molecule has 0 radical (unpaired) electrons. The number of allylic oxidation sites excluding steroid dienone is 4. The Morgan fingerprint density at radius 2 is 1.86 bits per heavy atom. The maximum atomic E-state index is 12.2. The molecule has 0 aliphatic carbocycles. The van der Waals surface area contributed by atoms with Gasteiger partial charge in [0.25, 0.3) is 5.91 Å². The van der Waals surface area contributed by atoms with Crippen molar-refractivity contribution in [1.29, 1.82) is 0 Å². The molecule has 2 rings (SSSR count). The third-order valence-corrected chi connectivity index (χ3v) is 3.23. The first kappa shape index (κ1) is 15.5. The van der Waals surface area contributed by atoms with Crippen molar-refractivity contribution in [3.8, 4) is 0 Å². The molecule has 1 aliphatic heterocycles. The molecule has 1 aromatic carbocycles. The van der Waals surface area contributed by atoms with Crippen LogP contribution in [-0.2, 0) is 10.3 Å². The van der Waals surface area contributed by atoms with Crippen molar-refractivity contribution in [2.24, 2.45) is 0 Å². The molecule has 1 aromatic rings. The maximum absolute atomic E-state index is 12.2. The van der Waals surface area contributed by atoms with E-state index in [1.54, 1.807) is 36.4 Å². The van der Waals surface area contributed by atoms with Gasteiger partial charge >= 0.3 is 6.03 Å². The Morgan fingerprint density at radius 1 is 1.14 bits per heavy atom. The lowest BCUT2D eigenvalue weighted by Crippen LogP contribution is -2.41. The fourth-order valence-electron chi connectivity index (χ4n) is 2.15. The average Bonchev–Trinajstić information content (AvgIpc) is 2.82. The number of amides is 3. The molecule has 4 nitrogen and oxygen atoms in total. The van der Waals surface area contributed by atoms with Crippen LogP contribution < -0.4 is 10.6 Å². The van der Waals surface area contributed by atoms with Crippen molar-refractivity contribution < 1.29 is 9.59 Å². The first-order valence-electron chi connectivity index (χ1n) is 7.13. The topological polar surface area (TPSA) is 58.2 Å². The second kappa shape index (κ2) is 7.25. The molecule has 1 fully saturated rings. The summed E-state index contributed by atoms with van der Waals surface area (Å²) >= 11 is 0. The second-order valence-electron chi connectivity index (χ2n) is 4.78. The maximum Gasteiger partial charge on any atom is 0.322 e. The van der Waals surface area contributed by atoms with Crippen LogP contribution >= 0.6 is 0 Å². The molecular weight excluding hydrogens is 276 g/mol. The van der Waals surface area contributed by atoms with E-state index in [1.165, 1.54) is 0 Å². The summed E-state index contributed by atoms with van der Waals surface area (Å²) in [6.45, 7) is 2.05. The van der Waals surface area contributed by atoms with Crippen molar-refractivity contribution in [3.63, 3.8) is 0 Å². The highest BCUT2D eigenvalue weighted by Gasteiger charge is 2.45. The molecule has 4 heteroatoms. The van der Waals surface area contributed by atoms with Crippen LogP contribution in [0, 0.1) is 0 Å². The molecular formula is C18H18N2O2. The molecule has 0 saturated carbocycles. The normalized spacial score (nSPS) is 20.8. The SMILES string of the molecule is CC/C=C\C=C=C/C=C/C1(c2ccccc2)NC(=O)NC1=O. The Hall–Kier alpha value is -2.84. The summed E-state index contributed by atoms with van der Waals surface area (Å²) in [7, 11) is 0. The minimum Gasteiger partial charge on any atom is -0.316 e. The van der Waals surface area contributed by atoms with Gasteiger partial charge in [0.05, 0.1) is 0 Å². The minimum absolute atomic E-state index is 0.386. The van der Waals surface area contributed by atoms with E-state index in [1.807, 2.05) is 30.4 Å². The Bertz CT molecular complexity index is 668. The van der Waals surface area contributed by atoms with Crippen molar-refractivity contribution in [2.75, 3.05) is 0 Å². The third kappa shape index (κ3) is 3.43. The Kier molecular flexibility index (Phi) is 5.12. The number of benzene rings is 1. The number of rotatable bonds is 5. The summed E-state index contributed by atoms with van der Waals surface area (Å²) in [5.74, 6) is -0.386. The van der Waals surface area contributed by atoms with Crippen molar-refractivity contribution in [1.82, 2.24) is 10.6 Å². The molecule has 0 aromatic heterocycles. The van der Waals surface area contributed by atoms with Crippen LogP contribution in [0.3, 0.4) is 0 Å². The molecule has 1 atom stereocenters. The predicted molar refractivity (Wildman–Crippen MR) is 86.0 cm³/mol. The molecule has 0 spiro atoms. The predicted octanol–water partition coefficient (Wildman–Crippen LogP) is 2.96. The highest BCUT2D eigenvalue weighted by atomic mass is 16.2. The van der Waals surface area contributed by atoms with Gasteiger partial charge in [-0.1, -0.05) is 55.5 Å². The van der Waals surface area contributed by atoms with Crippen LogP contribution in [-0.4, -0.2) is 11.9 Å². The van der Waals surface area contributed by atoms with Crippen LogP contribution in [0.5, 0.6) is 0 Å². The van der Waals surface area contributed by atoms with Gasteiger partial charge in [0.1, 0.15) is 0 Å². The van der Waals surface area contributed by atoms with Crippen LogP contribution in [0.25, 0.3) is 0 Å². The van der Waals surface area contributed by atoms with Gasteiger partial charge in [0, 0.05) is 0 Å². The van der Waals surface area contributed by atoms with E-state index in [-0.39, 0.29) is 5.91 Å². The molecule has 1 heterocycles. The molecule has 22 heavy (non-hydrogen) atoms. The zero-order chi connectivity index (χ0) is 15.8. The van der Waals surface area contributed by atoms with Crippen LogP contribution in [0.15, 0.2) is 72.5 Å². The molecule has 3 amide bonds. The summed E-state index contributed by atoms with van der Waals surface area (Å²) in [6, 6.07) is 8.63. The largest absolute Gasteiger partial charge is 0.322 e. The quantitative estimate of drug-likeness (QED) is 0.498. The van der Waals surface area contributed by atoms with Crippen LogP contribution in [0.1, 0.15) is 18.9 Å². The third-order valence-electron chi connectivity index (χ3n) is 3.23. The molecule has 1 unspecified atom stereocenters. The molecule has 2 N–H and O–H groups in total. The molecule has 0 bridgehead atoms. The smallest absolute Gasteiger partial charge is 0.316 e. The van der Waals surface area contributed by atoms with Crippen molar-refractivity contribution in [3.05, 3.63) is 78.1 Å². The summed E-state index contributed by atoms with van der Waals surface area (Å²) in [6.07, 6.45) is 11.7. The molecule has 1 saturated heterocycles. The lowest BCUT2D eigenvalue weighted by atomic mass is 9.89. The first-order valence-corrected chi connectivity index (χ1v) is 7.13. The van der Waals surface area contributed by atoms with Crippen LogP contribution in [0.2, 0.25) is 0 Å². The van der Waals surface area contributed by atoms with Gasteiger partial charge in [0.2, 0.25) is 0 Å². The number of carbonyl (C=O) groups excluding carboxylic acids is 2. The van der Waals surface area contributed by atoms with Gasteiger partial charge in [-0.3, -0.25) is 10.1 Å². The molecule has 1 aliphatic rings. The second-order valence-corrected chi connectivity index (χ2v) is 4.78. The van der Waals surface area contributed by atoms with Gasteiger partial charge in [-0.2, -0.15) is 0 Å². The Labute approximate surface area is 129 Å². The fraction of sp³-hybridized carbons (Fsp3) is 0.167. The Morgan fingerprint density at radius 3 is 2.50 bits per heavy atom. The van der Waals surface area contributed by atoms with E-state index >= 15 is 0 Å². The number of urea groups is 1. The molecule has 112 valence electrons. The van der Waals surface area contributed by atoms with E-state index < -0.39 is 11.6 Å². The van der Waals surface area contributed by atoms with Gasteiger partial charge in [-0.05, 0) is 30.2 Å². The average molecular weight is 294 g/mol. The van der Waals surface area contributed by atoms with Crippen molar-refractivity contribution >= 4 is 11.9 Å². The van der Waals surface area contributed by atoms with E-state index in [0.29, 0.717) is 5.56 Å². The lowest BCUT2D eigenvalue weighted by molar-refractivity contribution is -0.122. The van der Waals surface area contributed by atoms with Gasteiger partial charge in [0.15, 0.2) is 5.54 Å². The highest BCUT2D eigenvalue weighted by Crippen LogP contribution is 2.26. The number of carbonyl (C=O) groups is 2. The fourth-order valence-corrected chi connectivity index (χ4v) is 2.15. The number of hydrogen-bond acceptors (Lipinski definition) is 2. The lowest BCUT2D eigenvalue weighted by Gasteiger charge is -2.22. The van der Waals surface area contributed by atoms with Gasteiger partial charge in [-0.25, -0.2) is 4.79 Å². The summed E-state index contributed by atoms with van der Waals surface area (Å²) in [5, 5.41) is 4.97. The van der Waals surface area contributed by atoms with Crippen molar-refractivity contribution in [2.45, 2.75) is 18.9 Å². The van der Waals surface area contributed by atoms with E-state index in [0.717, 1.165) is 6.42 Å². The zero-order valence-corrected chi connectivity index (χ0v) is 12.4.